The van der Waals surface area contributed by atoms with Crippen molar-refractivity contribution < 1.29 is 17.9 Å². The molecule has 33 heavy (non-hydrogen) atoms. The topological polar surface area (TPSA) is 117 Å². The Morgan fingerprint density at radius 2 is 1.88 bits per heavy atom. The van der Waals surface area contributed by atoms with Gasteiger partial charge in [-0.15, -0.1) is 0 Å². The largest absolute Gasteiger partial charge is 0.494 e. The van der Waals surface area contributed by atoms with E-state index in [2.05, 4.69) is 26.7 Å². The molecule has 0 saturated carbocycles. The van der Waals surface area contributed by atoms with E-state index in [0.29, 0.717) is 24.0 Å². The standard InChI is InChI=1S/C23H27N5O4S/c1-3-32-18-6-4-17(5-7-18)20-9-8-19(22(25-20)28-14-11-16(2)12-15-28)23(29)27-33(30,31)21-10-13-24-26-21/h4-10,13,16H,3,11-12,14-15H2,1-2H3,(H,24,26)(H,27,29). The maximum Gasteiger partial charge on any atom is 0.281 e. The first-order valence-electron chi connectivity index (χ1n) is 10.9. The van der Waals surface area contributed by atoms with E-state index in [4.69, 9.17) is 9.72 Å². The van der Waals surface area contributed by atoms with Gasteiger partial charge in [0.25, 0.3) is 15.9 Å². The second-order valence-corrected chi connectivity index (χ2v) is 9.70. The van der Waals surface area contributed by atoms with E-state index in [0.717, 1.165) is 37.2 Å². The minimum atomic E-state index is -4.07. The van der Waals surface area contributed by atoms with Gasteiger partial charge in [-0.05, 0) is 68.1 Å². The third-order valence-corrected chi connectivity index (χ3v) is 6.92. The van der Waals surface area contributed by atoms with Gasteiger partial charge in [-0.25, -0.2) is 9.71 Å². The number of nitrogens with one attached hydrogen (secondary N) is 2. The fourth-order valence-corrected chi connectivity index (χ4v) is 4.64. The Labute approximate surface area is 193 Å². The zero-order valence-corrected chi connectivity index (χ0v) is 19.4. The number of hydrogen-bond donors (Lipinski definition) is 2. The van der Waals surface area contributed by atoms with Gasteiger partial charge in [-0.2, -0.15) is 13.5 Å². The first-order chi connectivity index (χ1) is 15.9. The van der Waals surface area contributed by atoms with Crippen molar-refractivity contribution in [3.05, 3.63) is 54.2 Å². The number of benzene rings is 1. The predicted molar refractivity (Wildman–Crippen MR) is 125 cm³/mol. The van der Waals surface area contributed by atoms with Gasteiger partial charge in [-0.3, -0.25) is 9.89 Å². The highest BCUT2D eigenvalue weighted by Gasteiger charge is 2.26. The van der Waals surface area contributed by atoms with Crippen molar-refractivity contribution in [3.8, 4) is 17.0 Å². The lowest BCUT2D eigenvalue weighted by Crippen LogP contribution is -2.37. The van der Waals surface area contributed by atoms with Crippen LogP contribution in [0.25, 0.3) is 11.3 Å². The van der Waals surface area contributed by atoms with Crippen LogP contribution in [-0.4, -0.2) is 49.2 Å². The SMILES string of the molecule is CCOc1ccc(-c2ccc(C(=O)NS(=O)(=O)c3ccn[nH]3)c(N3CCC(C)CC3)n2)cc1. The molecule has 174 valence electrons. The summed E-state index contributed by atoms with van der Waals surface area (Å²) in [6.45, 7) is 6.20. The van der Waals surface area contributed by atoms with Crippen LogP contribution in [0.15, 0.2) is 53.7 Å². The van der Waals surface area contributed by atoms with Crippen LogP contribution in [-0.2, 0) is 10.0 Å². The zero-order chi connectivity index (χ0) is 23.4. The number of H-pyrrole nitrogens is 1. The maximum absolute atomic E-state index is 13.0. The van der Waals surface area contributed by atoms with Crippen LogP contribution in [0.2, 0.25) is 0 Å². The minimum absolute atomic E-state index is 0.178. The highest BCUT2D eigenvalue weighted by atomic mass is 32.2. The molecule has 9 nitrogen and oxygen atoms in total. The molecular weight excluding hydrogens is 442 g/mol. The molecule has 1 saturated heterocycles. The van der Waals surface area contributed by atoms with Crippen molar-refractivity contribution in [3.63, 3.8) is 0 Å². The van der Waals surface area contributed by atoms with E-state index in [1.807, 2.05) is 31.2 Å². The normalized spacial score (nSPS) is 14.8. The lowest BCUT2D eigenvalue weighted by Gasteiger charge is -2.32. The average Bonchev–Trinajstić information content (AvgIpc) is 3.36. The number of nitrogens with zero attached hydrogens (tertiary/aromatic N) is 3. The van der Waals surface area contributed by atoms with Crippen molar-refractivity contribution >= 4 is 21.7 Å². The Morgan fingerprint density at radius 1 is 1.15 bits per heavy atom. The molecule has 3 heterocycles. The summed E-state index contributed by atoms with van der Waals surface area (Å²) >= 11 is 0. The van der Waals surface area contributed by atoms with Gasteiger partial charge >= 0.3 is 0 Å². The van der Waals surface area contributed by atoms with Crippen LogP contribution in [0.5, 0.6) is 5.75 Å². The minimum Gasteiger partial charge on any atom is -0.494 e. The Balaban J connectivity index is 1.67. The van der Waals surface area contributed by atoms with Crippen molar-refractivity contribution in [2.75, 3.05) is 24.6 Å². The van der Waals surface area contributed by atoms with E-state index in [1.165, 1.54) is 12.3 Å². The molecule has 2 aromatic heterocycles. The quantitative estimate of drug-likeness (QED) is 0.545. The number of sulfonamides is 1. The molecule has 1 aliphatic rings. The summed E-state index contributed by atoms with van der Waals surface area (Å²) in [4.78, 5) is 19.9. The van der Waals surface area contributed by atoms with Crippen molar-refractivity contribution in [1.29, 1.82) is 0 Å². The monoisotopic (exact) mass is 469 g/mol. The van der Waals surface area contributed by atoms with Gasteiger partial charge in [0, 0.05) is 18.7 Å². The van der Waals surface area contributed by atoms with E-state index in [9.17, 15) is 13.2 Å². The Bertz CT molecular complexity index is 1200. The highest BCUT2D eigenvalue weighted by molar-refractivity contribution is 7.90. The molecule has 2 N–H and O–H groups in total. The van der Waals surface area contributed by atoms with Crippen LogP contribution in [0.3, 0.4) is 0 Å². The number of aromatic nitrogens is 3. The number of carbonyl (C=O) groups excluding carboxylic acids is 1. The summed E-state index contributed by atoms with van der Waals surface area (Å²) in [6.07, 6.45) is 3.26. The first-order valence-corrected chi connectivity index (χ1v) is 12.4. The summed E-state index contributed by atoms with van der Waals surface area (Å²) < 4.78 is 32.7. The smallest absolute Gasteiger partial charge is 0.281 e. The summed E-state index contributed by atoms with van der Waals surface area (Å²) in [5.41, 5.74) is 1.78. The number of ether oxygens (including phenoxy) is 1. The summed E-state index contributed by atoms with van der Waals surface area (Å²) in [5.74, 6) is 1.11. The molecule has 0 aliphatic carbocycles. The number of rotatable bonds is 7. The lowest BCUT2D eigenvalue weighted by molar-refractivity contribution is 0.0981. The fraction of sp³-hybridized carbons (Fsp3) is 0.348. The van der Waals surface area contributed by atoms with Gasteiger partial charge in [0.15, 0.2) is 5.03 Å². The number of amides is 1. The second-order valence-electron chi connectivity index (χ2n) is 8.05. The number of anilines is 1. The third-order valence-electron chi connectivity index (χ3n) is 5.66. The molecular formula is C23H27N5O4S. The van der Waals surface area contributed by atoms with Crippen LogP contribution < -0.4 is 14.4 Å². The number of hydrogen-bond acceptors (Lipinski definition) is 7. The molecule has 0 bridgehead atoms. The van der Waals surface area contributed by atoms with Gasteiger partial charge < -0.3 is 9.64 Å². The molecule has 0 radical (unpaired) electrons. The second kappa shape index (κ2) is 9.62. The van der Waals surface area contributed by atoms with Crippen LogP contribution in [0.4, 0.5) is 5.82 Å². The van der Waals surface area contributed by atoms with Crippen LogP contribution >= 0.6 is 0 Å². The molecule has 3 aromatic rings. The molecule has 1 amide bonds. The first kappa shape index (κ1) is 22.8. The Kier molecular flexibility index (Phi) is 6.64. The fourth-order valence-electron chi connectivity index (χ4n) is 3.76. The average molecular weight is 470 g/mol. The van der Waals surface area contributed by atoms with E-state index in [-0.39, 0.29) is 10.6 Å². The molecule has 0 atom stereocenters. The van der Waals surface area contributed by atoms with Crippen molar-refractivity contribution in [2.45, 2.75) is 31.7 Å². The number of carbonyl (C=O) groups is 1. The summed E-state index contributed by atoms with van der Waals surface area (Å²) in [7, 11) is -4.07. The molecule has 1 aromatic carbocycles. The number of pyridine rings is 1. The highest BCUT2D eigenvalue weighted by Crippen LogP contribution is 2.29. The maximum atomic E-state index is 13.0. The van der Waals surface area contributed by atoms with Crippen LogP contribution in [0.1, 0.15) is 37.0 Å². The summed E-state index contributed by atoms with van der Waals surface area (Å²) in [5, 5.41) is 5.84. The summed E-state index contributed by atoms with van der Waals surface area (Å²) in [6, 6.07) is 12.2. The number of piperidine rings is 1. The molecule has 1 fully saturated rings. The van der Waals surface area contributed by atoms with Crippen LogP contribution in [0, 0.1) is 5.92 Å². The Morgan fingerprint density at radius 3 is 2.52 bits per heavy atom. The van der Waals surface area contributed by atoms with E-state index >= 15 is 0 Å². The Hall–Kier alpha value is -3.40. The van der Waals surface area contributed by atoms with Crippen molar-refractivity contribution in [1.82, 2.24) is 19.9 Å². The molecule has 0 unspecified atom stereocenters. The van der Waals surface area contributed by atoms with Gasteiger partial charge in [-0.1, -0.05) is 6.92 Å². The van der Waals surface area contributed by atoms with Gasteiger partial charge in [0.05, 0.1) is 24.1 Å². The molecule has 4 rings (SSSR count). The third kappa shape index (κ3) is 5.16. The zero-order valence-electron chi connectivity index (χ0n) is 18.6. The van der Waals surface area contributed by atoms with E-state index in [1.54, 1.807) is 12.1 Å². The molecule has 10 heteroatoms. The van der Waals surface area contributed by atoms with E-state index < -0.39 is 15.9 Å². The molecule has 0 spiro atoms. The lowest BCUT2D eigenvalue weighted by atomic mass is 9.98. The predicted octanol–water partition coefficient (Wildman–Crippen LogP) is 3.23. The van der Waals surface area contributed by atoms with Gasteiger partial charge in [0.1, 0.15) is 11.6 Å². The van der Waals surface area contributed by atoms with Crippen molar-refractivity contribution in [2.24, 2.45) is 5.92 Å². The van der Waals surface area contributed by atoms with Gasteiger partial charge in [0.2, 0.25) is 0 Å². The number of aromatic amines is 1. The molecule has 1 aliphatic heterocycles.